The second-order valence-corrected chi connectivity index (χ2v) is 12.2. The maximum absolute atomic E-state index is 13.6. The molecule has 3 fully saturated rings. The highest BCUT2D eigenvalue weighted by Crippen LogP contribution is 2.68. The molecule has 38 heavy (non-hydrogen) atoms. The van der Waals surface area contributed by atoms with Gasteiger partial charge in [0.15, 0.2) is 12.4 Å². The van der Waals surface area contributed by atoms with Crippen molar-refractivity contribution in [1.29, 1.82) is 5.26 Å². The van der Waals surface area contributed by atoms with E-state index in [2.05, 4.69) is 6.92 Å². The van der Waals surface area contributed by atoms with Crippen molar-refractivity contribution in [2.45, 2.75) is 64.6 Å². The van der Waals surface area contributed by atoms with Crippen molar-refractivity contribution in [1.82, 2.24) is 0 Å². The molecular weight excluding hydrogens is 482 g/mol. The van der Waals surface area contributed by atoms with Crippen LogP contribution in [0.3, 0.4) is 0 Å². The van der Waals surface area contributed by atoms with Crippen LogP contribution in [0, 0.1) is 45.8 Å². The van der Waals surface area contributed by atoms with Crippen LogP contribution in [0.25, 0.3) is 0 Å². The van der Waals surface area contributed by atoms with Gasteiger partial charge < -0.3 is 14.9 Å². The van der Waals surface area contributed by atoms with Gasteiger partial charge in [0, 0.05) is 16.7 Å². The zero-order valence-electron chi connectivity index (χ0n) is 22.1. The summed E-state index contributed by atoms with van der Waals surface area (Å²) in [6.45, 7) is 5.32. The Bertz CT molecular complexity index is 1290. The number of hydrogen-bond donors (Lipinski definition) is 2. The first-order valence-corrected chi connectivity index (χ1v) is 13.5. The minimum atomic E-state index is -1.74. The number of carbonyl (C=O) groups is 3. The predicted octanol–water partition coefficient (Wildman–Crippen LogP) is 3.47. The number of rotatable bonds is 5. The summed E-state index contributed by atoms with van der Waals surface area (Å²) in [7, 11) is 0. The van der Waals surface area contributed by atoms with Crippen LogP contribution in [0.15, 0.2) is 48.1 Å². The number of carbonyl (C=O) groups excluding carboxylic acids is 3. The van der Waals surface area contributed by atoms with Gasteiger partial charge in [-0.3, -0.25) is 14.4 Å². The van der Waals surface area contributed by atoms with E-state index in [1.165, 1.54) is 0 Å². The average Bonchev–Trinajstić information content (AvgIpc) is 3.08. The summed E-state index contributed by atoms with van der Waals surface area (Å²) in [5.74, 6) is -1.53. The third kappa shape index (κ3) is 3.88. The molecule has 0 aromatic heterocycles. The molecular formula is C31H35NO6. The summed E-state index contributed by atoms with van der Waals surface area (Å²) in [4.78, 5) is 38.1. The molecule has 4 aliphatic carbocycles. The van der Waals surface area contributed by atoms with Crippen LogP contribution < -0.4 is 0 Å². The average molecular weight is 518 g/mol. The summed E-state index contributed by atoms with van der Waals surface area (Å²) < 4.78 is 5.32. The standard InChI is InChI=1S/C31H35NO6/c1-18-11-24-23-8-7-21-14-22(33)9-10-29(21,2)28(23)25(34)15-30(24,3)31(18,37)26(35)17-38-27(36)13-19-5-4-6-20(12-19)16-32/h4-6,9-10,12,14,18,23-25,28,34,37H,7-8,11,13,15,17H2,1-3H3/t18-,23?,24?,25?,28?,29?,30?,31+/m1/s1. The fourth-order valence-electron chi connectivity index (χ4n) is 8.48. The smallest absolute Gasteiger partial charge is 0.310 e. The molecule has 1 aromatic rings. The molecule has 7 heteroatoms. The molecule has 2 N–H and O–H groups in total. The Balaban J connectivity index is 1.34. The zero-order valence-corrected chi connectivity index (χ0v) is 22.1. The van der Waals surface area contributed by atoms with Crippen LogP contribution in [-0.2, 0) is 25.5 Å². The van der Waals surface area contributed by atoms with E-state index < -0.39 is 40.9 Å². The molecule has 6 unspecified atom stereocenters. The lowest BCUT2D eigenvalue weighted by Crippen LogP contribution is -2.62. The topological polar surface area (TPSA) is 125 Å². The zero-order chi connectivity index (χ0) is 27.5. The second-order valence-electron chi connectivity index (χ2n) is 12.2. The molecule has 0 radical (unpaired) electrons. The Hall–Kier alpha value is -3.08. The molecule has 4 aliphatic rings. The summed E-state index contributed by atoms with van der Waals surface area (Å²) in [5.41, 5.74) is -0.935. The fourth-order valence-corrected chi connectivity index (χ4v) is 8.48. The normalized spacial score (nSPS) is 39.3. The van der Waals surface area contributed by atoms with E-state index in [1.54, 1.807) is 36.4 Å². The first-order chi connectivity index (χ1) is 17.9. The van der Waals surface area contributed by atoms with Gasteiger partial charge in [-0.1, -0.05) is 44.6 Å². The van der Waals surface area contributed by atoms with Crippen molar-refractivity contribution in [3.05, 3.63) is 59.2 Å². The number of benzene rings is 1. The van der Waals surface area contributed by atoms with Gasteiger partial charge in [-0.2, -0.15) is 5.26 Å². The van der Waals surface area contributed by atoms with Crippen LogP contribution >= 0.6 is 0 Å². The third-order valence-electron chi connectivity index (χ3n) is 10.3. The van der Waals surface area contributed by atoms with Gasteiger partial charge in [-0.25, -0.2) is 0 Å². The maximum Gasteiger partial charge on any atom is 0.310 e. The Morgan fingerprint density at radius 3 is 2.76 bits per heavy atom. The number of hydrogen-bond acceptors (Lipinski definition) is 7. The minimum absolute atomic E-state index is 0.00803. The number of allylic oxidation sites excluding steroid dienone is 4. The third-order valence-corrected chi connectivity index (χ3v) is 10.3. The molecule has 0 heterocycles. The molecule has 200 valence electrons. The van der Waals surface area contributed by atoms with E-state index in [0.29, 0.717) is 17.5 Å². The van der Waals surface area contributed by atoms with Crippen molar-refractivity contribution >= 4 is 17.5 Å². The van der Waals surface area contributed by atoms with E-state index in [1.807, 2.05) is 26.0 Å². The van der Waals surface area contributed by atoms with Gasteiger partial charge in [0.25, 0.3) is 0 Å². The number of fused-ring (bicyclic) bond motifs is 5. The molecule has 3 saturated carbocycles. The predicted molar refractivity (Wildman–Crippen MR) is 138 cm³/mol. The van der Waals surface area contributed by atoms with Crippen LogP contribution in [0.4, 0.5) is 0 Å². The van der Waals surface area contributed by atoms with Gasteiger partial charge in [0.1, 0.15) is 5.60 Å². The van der Waals surface area contributed by atoms with Gasteiger partial charge in [0.05, 0.1) is 24.2 Å². The quantitative estimate of drug-likeness (QED) is 0.573. The van der Waals surface area contributed by atoms with Crippen LogP contribution in [0.2, 0.25) is 0 Å². The van der Waals surface area contributed by atoms with Crippen LogP contribution in [0.5, 0.6) is 0 Å². The summed E-state index contributed by atoms with van der Waals surface area (Å²) >= 11 is 0. The van der Waals surface area contributed by atoms with Gasteiger partial charge >= 0.3 is 5.97 Å². The number of ketones is 2. The molecule has 7 nitrogen and oxygen atoms in total. The molecule has 0 aliphatic heterocycles. The lowest BCUT2D eigenvalue weighted by molar-refractivity contribution is -0.186. The number of nitriles is 1. The number of ether oxygens (including phenoxy) is 1. The Kier molecular flexibility index (Phi) is 6.48. The first kappa shape index (κ1) is 26.5. The highest BCUT2D eigenvalue weighted by atomic mass is 16.5. The Morgan fingerprint density at radius 2 is 2.03 bits per heavy atom. The highest BCUT2D eigenvalue weighted by Gasteiger charge is 2.70. The molecule has 1 aromatic carbocycles. The number of esters is 1. The van der Waals surface area contributed by atoms with E-state index in [4.69, 9.17) is 10.00 Å². The van der Waals surface area contributed by atoms with E-state index in [9.17, 15) is 24.6 Å². The van der Waals surface area contributed by atoms with Crippen molar-refractivity contribution < 1.29 is 29.3 Å². The van der Waals surface area contributed by atoms with E-state index in [0.717, 1.165) is 18.4 Å². The molecule has 0 saturated heterocycles. The summed E-state index contributed by atoms with van der Waals surface area (Å²) in [5, 5.41) is 32.6. The molecule has 5 rings (SSSR count). The molecule has 0 bridgehead atoms. The SMILES string of the molecule is C[C@@H]1CC2C3CCC4=CC(=O)C=CC4(C)C3C(O)CC2(C)[C@@]1(O)C(=O)COC(=O)Cc1cccc(C#N)c1. The van der Waals surface area contributed by atoms with Gasteiger partial charge in [-0.05, 0) is 73.3 Å². The molecule has 0 spiro atoms. The number of Topliss-reactive ketones (excluding diaryl/α,β-unsaturated/α-hetero) is 1. The van der Waals surface area contributed by atoms with Crippen molar-refractivity contribution in [2.75, 3.05) is 6.61 Å². The monoisotopic (exact) mass is 517 g/mol. The van der Waals surface area contributed by atoms with E-state index >= 15 is 0 Å². The molecule has 0 amide bonds. The number of nitrogens with zero attached hydrogens (tertiary/aromatic N) is 1. The lowest BCUT2D eigenvalue weighted by atomic mass is 9.46. The summed E-state index contributed by atoms with van der Waals surface area (Å²) in [6, 6.07) is 8.67. The van der Waals surface area contributed by atoms with Crippen molar-refractivity contribution in [2.24, 2.45) is 34.5 Å². The number of aliphatic hydroxyl groups excluding tert-OH is 1. The Labute approximate surface area is 223 Å². The maximum atomic E-state index is 13.6. The van der Waals surface area contributed by atoms with Gasteiger partial charge in [-0.15, -0.1) is 0 Å². The fraction of sp³-hybridized carbons (Fsp3) is 0.548. The summed E-state index contributed by atoms with van der Waals surface area (Å²) in [6.07, 6.45) is 6.83. The minimum Gasteiger partial charge on any atom is -0.457 e. The number of aliphatic hydroxyl groups is 2. The molecule has 8 atom stereocenters. The van der Waals surface area contributed by atoms with Crippen LogP contribution in [-0.4, -0.2) is 46.1 Å². The van der Waals surface area contributed by atoms with Crippen molar-refractivity contribution in [3.63, 3.8) is 0 Å². The Morgan fingerprint density at radius 1 is 1.26 bits per heavy atom. The second kappa shape index (κ2) is 9.29. The highest BCUT2D eigenvalue weighted by molar-refractivity contribution is 6.01. The largest absolute Gasteiger partial charge is 0.457 e. The van der Waals surface area contributed by atoms with E-state index in [-0.39, 0.29) is 42.3 Å². The van der Waals surface area contributed by atoms with Crippen molar-refractivity contribution in [3.8, 4) is 6.07 Å². The van der Waals surface area contributed by atoms with Gasteiger partial charge in [0.2, 0.25) is 5.78 Å². The van der Waals surface area contributed by atoms with Crippen LogP contribution in [0.1, 0.15) is 57.6 Å². The first-order valence-electron chi connectivity index (χ1n) is 13.5. The lowest BCUT2D eigenvalue weighted by Gasteiger charge is -2.59.